The van der Waals surface area contributed by atoms with Crippen molar-refractivity contribution in [1.29, 1.82) is 0 Å². The highest BCUT2D eigenvalue weighted by atomic mass is 16.3. The Balaban J connectivity index is 1.54. The van der Waals surface area contributed by atoms with Gasteiger partial charge in [-0.05, 0) is 42.0 Å². The fourth-order valence-electron chi connectivity index (χ4n) is 4.11. The topological polar surface area (TPSA) is 67.2 Å². The number of anilines is 3. The van der Waals surface area contributed by atoms with E-state index in [1.54, 1.807) is 0 Å². The predicted molar refractivity (Wildman–Crippen MR) is 119 cm³/mol. The SMILES string of the molecule is OC[C@H]1CN(Cc2ccc(N(c3ccccc3)c3ccccc3)cc2)C[C@@H](O)[C@@H]1O. The van der Waals surface area contributed by atoms with Gasteiger partial charge in [0.1, 0.15) is 0 Å². The zero-order chi connectivity index (χ0) is 20.9. The second-order valence-corrected chi connectivity index (χ2v) is 7.87. The fourth-order valence-corrected chi connectivity index (χ4v) is 4.11. The normalized spacial score (nSPS) is 22.0. The lowest BCUT2D eigenvalue weighted by molar-refractivity contribution is -0.0879. The Labute approximate surface area is 177 Å². The number of aliphatic hydroxyl groups excluding tert-OH is 3. The van der Waals surface area contributed by atoms with E-state index < -0.39 is 12.2 Å². The lowest BCUT2D eigenvalue weighted by Gasteiger charge is -2.38. The summed E-state index contributed by atoms with van der Waals surface area (Å²) in [6.07, 6.45) is -1.69. The monoisotopic (exact) mass is 404 g/mol. The summed E-state index contributed by atoms with van der Waals surface area (Å²) in [7, 11) is 0. The molecule has 4 rings (SSSR count). The van der Waals surface area contributed by atoms with Gasteiger partial charge in [0.05, 0.1) is 12.2 Å². The van der Waals surface area contributed by atoms with Crippen molar-refractivity contribution in [2.24, 2.45) is 5.92 Å². The zero-order valence-corrected chi connectivity index (χ0v) is 16.9. The average molecular weight is 405 g/mol. The van der Waals surface area contributed by atoms with Gasteiger partial charge in [-0.2, -0.15) is 0 Å². The van der Waals surface area contributed by atoms with E-state index in [0.29, 0.717) is 19.6 Å². The Morgan fingerprint density at radius 2 is 1.27 bits per heavy atom. The van der Waals surface area contributed by atoms with E-state index in [4.69, 9.17) is 0 Å². The van der Waals surface area contributed by atoms with Crippen molar-refractivity contribution >= 4 is 17.1 Å². The molecule has 1 saturated heterocycles. The Kier molecular flexibility index (Phi) is 6.45. The summed E-state index contributed by atoms with van der Waals surface area (Å²) in [4.78, 5) is 4.30. The third-order valence-electron chi connectivity index (χ3n) is 5.68. The third kappa shape index (κ3) is 4.55. The molecule has 3 N–H and O–H groups in total. The number of hydrogen-bond acceptors (Lipinski definition) is 5. The largest absolute Gasteiger partial charge is 0.396 e. The van der Waals surface area contributed by atoms with Gasteiger partial charge >= 0.3 is 0 Å². The summed E-state index contributed by atoms with van der Waals surface area (Å²) in [5, 5.41) is 29.6. The van der Waals surface area contributed by atoms with Crippen LogP contribution in [0, 0.1) is 5.92 Å². The van der Waals surface area contributed by atoms with Gasteiger partial charge in [0.15, 0.2) is 0 Å². The predicted octanol–water partition coefficient (Wildman–Crippen LogP) is 3.30. The second kappa shape index (κ2) is 9.41. The molecule has 1 heterocycles. The maximum absolute atomic E-state index is 10.1. The molecule has 0 spiro atoms. The van der Waals surface area contributed by atoms with Crippen LogP contribution in [0.15, 0.2) is 84.9 Å². The van der Waals surface area contributed by atoms with Gasteiger partial charge in [0.25, 0.3) is 0 Å². The smallest absolute Gasteiger partial charge is 0.0929 e. The quantitative estimate of drug-likeness (QED) is 0.588. The number of para-hydroxylation sites is 2. The first kappa shape index (κ1) is 20.6. The molecule has 5 nitrogen and oxygen atoms in total. The second-order valence-electron chi connectivity index (χ2n) is 7.87. The highest BCUT2D eigenvalue weighted by Crippen LogP contribution is 2.34. The molecule has 1 fully saturated rings. The Hall–Kier alpha value is -2.70. The molecule has 0 saturated carbocycles. The van der Waals surface area contributed by atoms with Gasteiger partial charge in [-0.15, -0.1) is 0 Å². The Morgan fingerprint density at radius 3 is 1.80 bits per heavy atom. The van der Waals surface area contributed by atoms with E-state index >= 15 is 0 Å². The maximum atomic E-state index is 10.1. The lowest BCUT2D eigenvalue weighted by atomic mass is 9.93. The summed E-state index contributed by atoms with van der Waals surface area (Å²) in [5.74, 6) is -0.320. The van der Waals surface area contributed by atoms with Crippen LogP contribution in [-0.4, -0.2) is 52.1 Å². The standard InChI is InChI=1S/C25H28N2O3/c28-18-20-16-26(17-24(29)25(20)30)15-19-11-13-23(14-12-19)27(21-7-3-1-4-8-21)22-9-5-2-6-10-22/h1-14,20,24-25,28-30H,15-18H2/t20-,24-,25-/m1/s1. The minimum atomic E-state index is -0.862. The molecule has 0 radical (unpaired) electrons. The summed E-state index contributed by atoms with van der Waals surface area (Å²) >= 11 is 0. The Morgan fingerprint density at radius 1 is 0.733 bits per heavy atom. The van der Waals surface area contributed by atoms with E-state index in [2.05, 4.69) is 58.3 Å². The van der Waals surface area contributed by atoms with Gasteiger partial charge in [-0.3, -0.25) is 4.90 Å². The van der Waals surface area contributed by atoms with Crippen molar-refractivity contribution in [2.45, 2.75) is 18.8 Å². The van der Waals surface area contributed by atoms with E-state index in [9.17, 15) is 15.3 Å². The maximum Gasteiger partial charge on any atom is 0.0929 e. The number of rotatable bonds is 6. The van der Waals surface area contributed by atoms with Crippen LogP contribution in [0.5, 0.6) is 0 Å². The van der Waals surface area contributed by atoms with Crippen LogP contribution in [0.4, 0.5) is 17.1 Å². The van der Waals surface area contributed by atoms with Gasteiger partial charge in [-0.25, -0.2) is 0 Å². The Bertz CT molecular complexity index is 879. The summed E-state index contributed by atoms with van der Waals surface area (Å²) in [6.45, 7) is 1.50. The van der Waals surface area contributed by atoms with Crippen molar-refractivity contribution in [3.8, 4) is 0 Å². The summed E-state index contributed by atoms with van der Waals surface area (Å²) < 4.78 is 0. The van der Waals surface area contributed by atoms with Gasteiger partial charge in [0.2, 0.25) is 0 Å². The number of benzene rings is 3. The van der Waals surface area contributed by atoms with E-state index in [-0.39, 0.29) is 12.5 Å². The van der Waals surface area contributed by atoms with Gasteiger partial charge in [-0.1, -0.05) is 48.5 Å². The minimum Gasteiger partial charge on any atom is -0.396 e. The van der Waals surface area contributed by atoms with Crippen LogP contribution >= 0.6 is 0 Å². The highest BCUT2D eigenvalue weighted by molar-refractivity contribution is 5.76. The van der Waals surface area contributed by atoms with Crippen LogP contribution in [0.3, 0.4) is 0 Å². The molecular weight excluding hydrogens is 376 g/mol. The first-order valence-electron chi connectivity index (χ1n) is 10.3. The van der Waals surface area contributed by atoms with Crippen molar-refractivity contribution in [3.63, 3.8) is 0 Å². The molecule has 30 heavy (non-hydrogen) atoms. The molecule has 3 aromatic rings. The number of aliphatic hydroxyl groups is 3. The van der Waals surface area contributed by atoms with Crippen molar-refractivity contribution < 1.29 is 15.3 Å². The molecule has 1 aliphatic heterocycles. The van der Waals surface area contributed by atoms with Crippen LogP contribution in [0.1, 0.15) is 5.56 Å². The highest BCUT2D eigenvalue weighted by Gasteiger charge is 2.34. The molecule has 3 atom stereocenters. The van der Waals surface area contributed by atoms with Gasteiger partial charge < -0.3 is 20.2 Å². The molecule has 1 aliphatic rings. The van der Waals surface area contributed by atoms with E-state index in [1.807, 2.05) is 36.4 Å². The van der Waals surface area contributed by atoms with Crippen molar-refractivity contribution in [2.75, 3.05) is 24.6 Å². The molecule has 0 aromatic heterocycles. The third-order valence-corrected chi connectivity index (χ3v) is 5.68. The van der Waals surface area contributed by atoms with Crippen molar-refractivity contribution in [1.82, 2.24) is 4.90 Å². The molecule has 156 valence electrons. The van der Waals surface area contributed by atoms with Crippen LogP contribution in [-0.2, 0) is 6.54 Å². The minimum absolute atomic E-state index is 0.128. The number of likely N-dealkylation sites (tertiary alicyclic amines) is 1. The molecule has 0 bridgehead atoms. The molecule has 5 heteroatoms. The molecule has 0 amide bonds. The van der Waals surface area contributed by atoms with Crippen LogP contribution < -0.4 is 4.90 Å². The van der Waals surface area contributed by atoms with Gasteiger partial charge in [0, 0.05) is 49.2 Å². The molecule has 0 unspecified atom stereocenters. The average Bonchev–Trinajstić information content (AvgIpc) is 2.79. The number of nitrogens with zero attached hydrogens (tertiary/aromatic N) is 2. The first-order valence-corrected chi connectivity index (χ1v) is 10.3. The fraction of sp³-hybridized carbons (Fsp3) is 0.280. The van der Waals surface area contributed by atoms with E-state index in [1.165, 1.54) is 0 Å². The molecule has 0 aliphatic carbocycles. The van der Waals surface area contributed by atoms with Crippen LogP contribution in [0.2, 0.25) is 0 Å². The molecular formula is C25H28N2O3. The number of β-amino-alcohol motifs (C(OH)–C–C–N with tert-alkyl or cyclic N) is 1. The van der Waals surface area contributed by atoms with E-state index in [0.717, 1.165) is 22.6 Å². The number of piperidine rings is 1. The molecule has 3 aromatic carbocycles. The first-order chi connectivity index (χ1) is 14.7. The summed E-state index contributed by atoms with van der Waals surface area (Å²) in [6, 6.07) is 28.9. The lowest BCUT2D eigenvalue weighted by Crippen LogP contribution is -2.53. The van der Waals surface area contributed by atoms with Crippen LogP contribution in [0.25, 0.3) is 0 Å². The zero-order valence-electron chi connectivity index (χ0n) is 16.9. The number of hydrogen-bond donors (Lipinski definition) is 3. The van der Waals surface area contributed by atoms with Crippen molar-refractivity contribution in [3.05, 3.63) is 90.5 Å². The summed E-state index contributed by atoms with van der Waals surface area (Å²) in [5.41, 5.74) is 4.38.